The molecule has 0 fully saturated rings. The lowest BCUT2D eigenvalue weighted by atomic mass is 9.34. The van der Waals surface area contributed by atoms with Crippen molar-refractivity contribution in [3.63, 3.8) is 0 Å². The number of halogens is 3. The fraction of sp³-hybridized carbons (Fsp3) is 0.133. The smallest absolute Gasteiger partial charge is 0.242 e. The van der Waals surface area contributed by atoms with E-state index < -0.39 is 0 Å². The molecule has 0 heterocycles. The molecule has 4 aromatic carbocycles. The average Bonchev–Trinajstić information content (AvgIpc) is 2.87. The Labute approximate surface area is 205 Å². The Balaban J connectivity index is 2.06. The second-order valence-electron chi connectivity index (χ2n) is 8.54. The van der Waals surface area contributed by atoms with Gasteiger partial charge in [0.1, 0.15) is 17.5 Å². The van der Waals surface area contributed by atoms with Crippen LogP contribution in [0.15, 0.2) is 97.1 Å². The molecule has 0 spiro atoms. The Hall–Kier alpha value is -3.57. The predicted molar refractivity (Wildman–Crippen MR) is 139 cm³/mol. The molecule has 0 bridgehead atoms. The number of benzene rings is 4. The van der Waals surface area contributed by atoms with Crippen LogP contribution in [0.1, 0.15) is 23.1 Å². The Morgan fingerprint density at radius 3 is 1.51 bits per heavy atom. The number of methoxy groups -OCH3 is 1. The third-order valence-electron chi connectivity index (χ3n) is 6.13. The molecule has 0 amide bonds. The molecule has 0 aromatic heterocycles. The number of aryl methyl sites for hydroxylation is 1. The van der Waals surface area contributed by atoms with Crippen LogP contribution in [0.4, 0.5) is 13.2 Å². The summed E-state index contributed by atoms with van der Waals surface area (Å²) in [7, 11) is 1.65. The van der Waals surface area contributed by atoms with Crippen LogP contribution in [-0.4, -0.2) is 20.4 Å². The van der Waals surface area contributed by atoms with Crippen LogP contribution in [-0.2, 0) is 4.74 Å². The summed E-state index contributed by atoms with van der Waals surface area (Å²) in [4.78, 5) is 0. The van der Waals surface area contributed by atoms with Crippen LogP contribution in [0.3, 0.4) is 0 Å². The fourth-order valence-corrected chi connectivity index (χ4v) is 4.37. The lowest BCUT2D eigenvalue weighted by Crippen LogP contribution is -2.44. The van der Waals surface area contributed by atoms with Gasteiger partial charge < -0.3 is 4.74 Å². The highest BCUT2D eigenvalue weighted by atomic mass is 19.1. The van der Waals surface area contributed by atoms with Crippen molar-refractivity contribution in [2.45, 2.75) is 13.3 Å². The SMILES string of the molecule is COCC/C(=C(\B(c1ccc(F)cc1)c1ccc(F)cc1)c1ccc(F)cc1)c1ccc(C)cc1. The van der Waals surface area contributed by atoms with Gasteiger partial charge in [-0.05, 0) is 66.4 Å². The number of rotatable bonds is 8. The molecule has 0 aliphatic heterocycles. The Kier molecular flexibility index (Phi) is 7.89. The second-order valence-corrected chi connectivity index (χ2v) is 8.54. The molecular formula is C30H26BF3O. The predicted octanol–water partition coefficient (Wildman–Crippen LogP) is 6.21. The Morgan fingerprint density at radius 2 is 1.06 bits per heavy atom. The summed E-state index contributed by atoms with van der Waals surface area (Å²) < 4.78 is 47.2. The molecule has 1 nitrogen and oxygen atoms in total. The molecule has 0 unspecified atom stereocenters. The van der Waals surface area contributed by atoms with E-state index in [2.05, 4.69) is 24.3 Å². The van der Waals surface area contributed by atoms with E-state index in [0.717, 1.165) is 38.7 Å². The number of hydrogen-bond acceptors (Lipinski definition) is 1. The summed E-state index contributed by atoms with van der Waals surface area (Å²) in [5, 5.41) is 0. The minimum Gasteiger partial charge on any atom is -0.384 e. The third kappa shape index (κ3) is 5.93. The molecule has 4 rings (SSSR count). The second kappa shape index (κ2) is 11.2. The first-order valence-corrected chi connectivity index (χ1v) is 11.5. The molecule has 0 aliphatic carbocycles. The van der Waals surface area contributed by atoms with Gasteiger partial charge in [-0.2, -0.15) is 0 Å². The molecule has 4 aromatic rings. The molecule has 0 atom stereocenters. The first kappa shape index (κ1) is 24.6. The molecule has 5 heteroatoms. The van der Waals surface area contributed by atoms with Crippen LogP contribution in [0.25, 0.3) is 11.0 Å². The monoisotopic (exact) mass is 470 g/mol. The van der Waals surface area contributed by atoms with E-state index in [4.69, 9.17) is 4.74 Å². The van der Waals surface area contributed by atoms with E-state index in [1.54, 1.807) is 43.5 Å². The zero-order valence-corrected chi connectivity index (χ0v) is 19.8. The van der Waals surface area contributed by atoms with Gasteiger partial charge in [0.15, 0.2) is 0 Å². The van der Waals surface area contributed by atoms with E-state index >= 15 is 0 Å². The summed E-state index contributed by atoms with van der Waals surface area (Å²) in [6.45, 7) is 2.16. The topological polar surface area (TPSA) is 9.23 Å². The van der Waals surface area contributed by atoms with Gasteiger partial charge >= 0.3 is 0 Å². The highest BCUT2D eigenvalue weighted by Gasteiger charge is 2.28. The van der Waals surface area contributed by atoms with Gasteiger partial charge in [-0.15, -0.1) is 0 Å². The quantitative estimate of drug-likeness (QED) is 0.220. The standard InChI is InChI=1S/C30H26BF3O/c1-21-3-5-22(6-4-21)29(19-20-35-2)30(23-7-13-26(32)14-8-23)31(24-9-15-27(33)16-10-24)25-11-17-28(34)18-12-25/h3-18H,19-20H2,1-2H3/b30-29+. The average molecular weight is 470 g/mol. The van der Waals surface area contributed by atoms with Crippen molar-refractivity contribution in [1.29, 1.82) is 0 Å². The highest BCUT2D eigenvalue weighted by Crippen LogP contribution is 2.32. The molecule has 0 saturated heterocycles. The maximum atomic E-state index is 13.9. The van der Waals surface area contributed by atoms with Gasteiger partial charge in [-0.1, -0.05) is 82.6 Å². The molecular weight excluding hydrogens is 444 g/mol. The van der Waals surface area contributed by atoms with Gasteiger partial charge in [-0.25, -0.2) is 13.2 Å². The van der Waals surface area contributed by atoms with Crippen LogP contribution < -0.4 is 10.9 Å². The van der Waals surface area contributed by atoms with Crippen molar-refractivity contribution in [2.24, 2.45) is 0 Å². The van der Waals surface area contributed by atoms with Crippen LogP contribution >= 0.6 is 0 Å². The largest absolute Gasteiger partial charge is 0.384 e. The normalized spacial score (nSPS) is 11.8. The minimum absolute atomic E-state index is 0.331. The van der Waals surface area contributed by atoms with E-state index in [9.17, 15) is 13.2 Å². The van der Waals surface area contributed by atoms with Crippen molar-refractivity contribution >= 4 is 28.7 Å². The molecule has 0 saturated carbocycles. The lowest BCUT2D eigenvalue weighted by molar-refractivity contribution is 0.206. The zero-order chi connectivity index (χ0) is 24.8. The van der Waals surface area contributed by atoms with Gasteiger partial charge in [-0.3, -0.25) is 0 Å². The van der Waals surface area contributed by atoms with Crippen LogP contribution in [0.5, 0.6) is 0 Å². The van der Waals surface area contributed by atoms with Gasteiger partial charge in [0.05, 0.1) is 6.61 Å². The molecule has 0 radical (unpaired) electrons. The Bertz CT molecular complexity index is 1230. The van der Waals surface area contributed by atoms with E-state index in [1.807, 2.05) is 6.92 Å². The third-order valence-corrected chi connectivity index (χ3v) is 6.13. The summed E-state index contributed by atoms with van der Waals surface area (Å²) in [5.41, 5.74) is 6.63. The van der Waals surface area contributed by atoms with Crippen molar-refractivity contribution in [2.75, 3.05) is 13.7 Å². The summed E-state index contributed by atoms with van der Waals surface area (Å²) in [6, 6.07) is 27.3. The first-order chi connectivity index (χ1) is 17.0. The van der Waals surface area contributed by atoms with Crippen LogP contribution in [0, 0.1) is 24.4 Å². The Morgan fingerprint density at radius 1 is 0.629 bits per heavy atom. The van der Waals surface area contributed by atoms with Gasteiger partial charge in [0, 0.05) is 7.11 Å². The van der Waals surface area contributed by atoms with Crippen molar-refractivity contribution in [3.05, 3.63) is 131 Å². The maximum Gasteiger partial charge on any atom is 0.242 e. The molecule has 0 aliphatic rings. The van der Waals surface area contributed by atoms with E-state index in [-0.39, 0.29) is 24.2 Å². The van der Waals surface area contributed by atoms with Crippen molar-refractivity contribution in [3.8, 4) is 0 Å². The first-order valence-electron chi connectivity index (χ1n) is 11.5. The summed E-state index contributed by atoms with van der Waals surface area (Å²) in [5.74, 6) is -1.00. The lowest BCUT2D eigenvalue weighted by Gasteiger charge is -2.24. The summed E-state index contributed by atoms with van der Waals surface area (Å²) >= 11 is 0. The van der Waals surface area contributed by atoms with Gasteiger partial charge in [0.25, 0.3) is 0 Å². The zero-order valence-electron chi connectivity index (χ0n) is 19.8. The van der Waals surface area contributed by atoms with Crippen molar-refractivity contribution in [1.82, 2.24) is 0 Å². The maximum absolute atomic E-state index is 13.9. The molecule has 176 valence electrons. The summed E-state index contributed by atoms with van der Waals surface area (Å²) in [6.07, 6.45) is 0.602. The van der Waals surface area contributed by atoms with E-state index in [1.165, 1.54) is 36.4 Å². The van der Waals surface area contributed by atoms with Crippen LogP contribution in [0.2, 0.25) is 0 Å². The molecule has 35 heavy (non-hydrogen) atoms. The molecule has 0 N–H and O–H groups in total. The van der Waals surface area contributed by atoms with Crippen molar-refractivity contribution < 1.29 is 17.9 Å². The highest BCUT2D eigenvalue weighted by molar-refractivity contribution is 7.00. The van der Waals surface area contributed by atoms with E-state index in [0.29, 0.717) is 13.0 Å². The number of hydrogen-bond donors (Lipinski definition) is 0. The fourth-order valence-electron chi connectivity index (χ4n) is 4.37. The van der Waals surface area contributed by atoms with Gasteiger partial charge in [0.2, 0.25) is 6.71 Å². The number of ether oxygens (including phenoxy) is 1. The minimum atomic E-state index is -0.352.